The van der Waals surface area contributed by atoms with Gasteiger partial charge in [-0.1, -0.05) is 30.3 Å². The Morgan fingerprint density at radius 1 is 1.17 bits per heavy atom. The second kappa shape index (κ2) is 7.53. The van der Waals surface area contributed by atoms with E-state index in [1.165, 1.54) is 0 Å². The number of hydrogen-bond donors (Lipinski definition) is 2. The number of amides is 2. The minimum absolute atomic E-state index is 0.0336. The molecule has 2 amide bonds. The lowest BCUT2D eigenvalue weighted by Gasteiger charge is -2.39. The molecule has 2 fully saturated rings. The second-order valence-corrected chi connectivity index (χ2v) is 7.40. The minimum Gasteiger partial charge on any atom is -0.389 e. The lowest BCUT2D eigenvalue weighted by atomic mass is 9.85. The van der Waals surface area contributed by atoms with Gasteiger partial charge in [0.15, 0.2) is 0 Å². The third kappa shape index (κ3) is 4.48. The van der Waals surface area contributed by atoms with Crippen molar-refractivity contribution in [1.29, 1.82) is 0 Å². The van der Waals surface area contributed by atoms with Crippen LogP contribution in [0.2, 0.25) is 0 Å². The topological polar surface area (TPSA) is 55.8 Å². The van der Waals surface area contributed by atoms with Crippen molar-refractivity contribution in [3.63, 3.8) is 0 Å². The highest BCUT2D eigenvalue weighted by atomic mass is 16.3. The number of hydrogen-bond acceptors (Lipinski definition) is 3. The molecule has 0 spiro atoms. The summed E-state index contributed by atoms with van der Waals surface area (Å²) in [5, 5.41) is 14.0. The van der Waals surface area contributed by atoms with E-state index in [0.29, 0.717) is 38.4 Å². The SMILES string of the molecule is CN1CCC(NC(=O)N2CCC(O)(Cc3ccccc3)CC2)CC1. The van der Waals surface area contributed by atoms with Gasteiger partial charge in [0.25, 0.3) is 0 Å². The fourth-order valence-corrected chi connectivity index (χ4v) is 3.70. The maximum atomic E-state index is 12.4. The van der Waals surface area contributed by atoms with Gasteiger partial charge in [-0.25, -0.2) is 4.79 Å². The van der Waals surface area contributed by atoms with Crippen molar-refractivity contribution in [2.75, 3.05) is 33.2 Å². The largest absolute Gasteiger partial charge is 0.389 e. The average molecular weight is 331 g/mol. The zero-order chi connectivity index (χ0) is 17.0. The van der Waals surface area contributed by atoms with Crippen molar-refractivity contribution in [2.45, 2.75) is 43.7 Å². The van der Waals surface area contributed by atoms with E-state index in [4.69, 9.17) is 0 Å². The Bertz CT molecular complexity index is 533. The molecule has 0 aromatic heterocycles. The van der Waals surface area contributed by atoms with Gasteiger partial charge in [0.2, 0.25) is 0 Å². The van der Waals surface area contributed by atoms with Gasteiger partial charge in [0, 0.05) is 25.6 Å². The highest BCUT2D eigenvalue weighted by Gasteiger charge is 2.34. The molecule has 24 heavy (non-hydrogen) atoms. The Morgan fingerprint density at radius 3 is 2.42 bits per heavy atom. The van der Waals surface area contributed by atoms with E-state index < -0.39 is 5.60 Å². The van der Waals surface area contributed by atoms with Gasteiger partial charge in [-0.2, -0.15) is 0 Å². The maximum absolute atomic E-state index is 12.4. The Hall–Kier alpha value is -1.59. The second-order valence-electron chi connectivity index (χ2n) is 7.40. The smallest absolute Gasteiger partial charge is 0.317 e. The van der Waals surface area contributed by atoms with Gasteiger partial charge in [0.1, 0.15) is 0 Å². The summed E-state index contributed by atoms with van der Waals surface area (Å²) in [6.07, 6.45) is 3.99. The van der Waals surface area contributed by atoms with Gasteiger partial charge >= 0.3 is 6.03 Å². The predicted molar refractivity (Wildman–Crippen MR) is 95.0 cm³/mol. The molecular formula is C19H29N3O2. The molecule has 0 unspecified atom stereocenters. The number of likely N-dealkylation sites (tertiary alicyclic amines) is 2. The first kappa shape index (κ1) is 17.2. The summed E-state index contributed by atoms with van der Waals surface area (Å²) in [4.78, 5) is 16.6. The van der Waals surface area contributed by atoms with Gasteiger partial charge in [-0.3, -0.25) is 0 Å². The van der Waals surface area contributed by atoms with E-state index in [-0.39, 0.29) is 6.03 Å². The number of carbonyl (C=O) groups is 1. The molecule has 2 aliphatic rings. The predicted octanol–water partition coefficient (Wildman–Crippen LogP) is 1.86. The first-order chi connectivity index (χ1) is 11.5. The van der Waals surface area contributed by atoms with Crippen LogP contribution in [0.3, 0.4) is 0 Å². The van der Waals surface area contributed by atoms with Crippen molar-refractivity contribution in [2.24, 2.45) is 0 Å². The molecule has 5 nitrogen and oxygen atoms in total. The zero-order valence-electron chi connectivity index (χ0n) is 14.6. The van der Waals surface area contributed by atoms with E-state index in [9.17, 15) is 9.90 Å². The van der Waals surface area contributed by atoms with Crippen LogP contribution in [-0.2, 0) is 6.42 Å². The molecule has 2 N–H and O–H groups in total. The number of benzene rings is 1. The Labute approximate surface area is 144 Å². The fourth-order valence-electron chi connectivity index (χ4n) is 3.70. The third-order valence-corrected chi connectivity index (χ3v) is 5.40. The van der Waals surface area contributed by atoms with Crippen LogP contribution in [0.4, 0.5) is 4.79 Å². The molecule has 0 aliphatic carbocycles. The number of nitrogens with one attached hydrogen (secondary N) is 1. The highest BCUT2D eigenvalue weighted by molar-refractivity contribution is 5.74. The molecule has 132 valence electrons. The number of rotatable bonds is 3. The molecule has 5 heteroatoms. The summed E-state index contributed by atoms with van der Waals surface area (Å²) in [5.41, 5.74) is 0.468. The summed E-state index contributed by atoms with van der Waals surface area (Å²) in [5.74, 6) is 0. The molecule has 0 saturated carbocycles. The van der Waals surface area contributed by atoms with Crippen LogP contribution < -0.4 is 5.32 Å². The molecule has 2 aliphatic heterocycles. The van der Waals surface area contributed by atoms with Crippen LogP contribution in [0.1, 0.15) is 31.2 Å². The highest BCUT2D eigenvalue weighted by Crippen LogP contribution is 2.26. The molecule has 0 radical (unpaired) electrons. The minimum atomic E-state index is -0.689. The molecule has 0 bridgehead atoms. The van der Waals surface area contributed by atoms with Crippen molar-refractivity contribution in [1.82, 2.24) is 15.1 Å². The van der Waals surface area contributed by atoms with E-state index in [0.717, 1.165) is 31.5 Å². The van der Waals surface area contributed by atoms with E-state index in [1.807, 2.05) is 23.1 Å². The number of aliphatic hydroxyl groups is 1. The number of carbonyl (C=O) groups excluding carboxylic acids is 1. The van der Waals surface area contributed by atoms with Crippen LogP contribution in [0.5, 0.6) is 0 Å². The van der Waals surface area contributed by atoms with Crippen LogP contribution in [0, 0.1) is 0 Å². The lowest BCUT2D eigenvalue weighted by Crippen LogP contribution is -2.53. The summed E-state index contributed by atoms with van der Waals surface area (Å²) < 4.78 is 0. The van der Waals surface area contributed by atoms with E-state index >= 15 is 0 Å². The Kier molecular flexibility index (Phi) is 5.41. The van der Waals surface area contributed by atoms with Gasteiger partial charge < -0.3 is 20.2 Å². The van der Waals surface area contributed by atoms with E-state index in [1.54, 1.807) is 0 Å². The zero-order valence-corrected chi connectivity index (χ0v) is 14.6. The molecule has 0 atom stereocenters. The maximum Gasteiger partial charge on any atom is 0.317 e. The van der Waals surface area contributed by atoms with Crippen LogP contribution in [-0.4, -0.2) is 65.8 Å². The third-order valence-electron chi connectivity index (χ3n) is 5.40. The Morgan fingerprint density at radius 2 is 1.79 bits per heavy atom. The monoisotopic (exact) mass is 331 g/mol. The fraction of sp³-hybridized carbons (Fsp3) is 0.632. The van der Waals surface area contributed by atoms with Crippen molar-refractivity contribution in [3.8, 4) is 0 Å². The summed E-state index contributed by atoms with van der Waals surface area (Å²) >= 11 is 0. The number of urea groups is 1. The van der Waals surface area contributed by atoms with Crippen LogP contribution in [0.25, 0.3) is 0 Å². The molecule has 1 aromatic carbocycles. The summed E-state index contributed by atoms with van der Waals surface area (Å²) in [7, 11) is 2.12. The van der Waals surface area contributed by atoms with Gasteiger partial charge in [0.05, 0.1) is 5.60 Å². The summed E-state index contributed by atoms with van der Waals surface area (Å²) in [6, 6.07) is 10.4. The molecule has 1 aromatic rings. The standard InChI is InChI=1S/C19H29N3O2/c1-21-11-7-17(8-12-21)20-18(23)22-13-9-19(24,10-14-22)15-16-5-3-2-4-6-16/h2-6,17,24H,7-15H2,1H3,(H,20,23). The average Bonchev–Trinajstić information content (AvgIpc) is 2.58. The first-order valence-corrected chi connectivity index (χ1v) is 9.04. The van der Waals surface area contributed by atoms with Gasteiger partial charge in [-0.15, -0.1) is 0 Å². The molecule has 2 saturated heterocycles. The lowest BCUT2D eigenvalue weighted by molar-refractivity contribution is -0.0119. The number of piperidine rings is 2. The quantitative estimate of drug-likeness (QED) is 0.889. The number of nitrogens with zero attached hydrogens (tertiary/aromatic N) is 2. The van der Waals surface area contributed by atoms with Crippen molar-refractivity contribution < 1.29 is 9.90 Å². The van der Waals surface area contributed by atoms with Crippen molar-refractivity contribution in [3.05, 3.63) is 35.9 Å². The van der Waals surface area contributed by atoms with E-state index in [2.05, 4.69) is 29.4 Å². The van der Waals surface area contributed by atoms with Crippen LogP contribution >= 0.6 is 0 Å². The normalized spacial score (nSPS) is 22.3. The van der Waals surface area contributed by atoms with Crippen LogP contribution in [0.15, 0.2) is 30.3 Å². The Balaban J connectivity index is 1.46. The van der Waals surface area contributed by atoms with Gasteiger partial charge in [-0.05, 0) is 51.4 Å². The molecule has 3 rings (SSSR count). The van der Waals surface area contributed by atoms with Crippen molar-refractivity contribution >= 4 is 6.03 Å². The molecule has 2 heterocycles. The molecular weight excluding hydrogens is 302 g/mol. The summed E-state index contributed by atoms with van der Waals surface area (Å²) in [6.45, 7) is 3.34. The first-order valence-electron chi connectivity index (χ1n) is 9.04.